The van der Waals surface area contributed by atoms with Gasteiger partial charge in [0, 0.05) is 0 Å². The molecule has 0 aliphatic carbocycles. The largest absolute Gasteiger partial charge is 0.478 e. The minimum Gasteiger partial charge on any atom is -0.478 e. The molecule has 1 heterocycles. The first-order valence-electron chi connectivity index (χ1n) is 4.80. The molecule has 0 radical (unpaired) electrons. The number of carbonyl (C=O) groups excluding carboxylic acids is 1. The molecule has 1 aromatic carbocycles. The number of para-hydroxylation sites is 1. The molecule has 0 saturated carbocycles. The second kappa shape index (κ2) is 4.89. The number of thiol groups is 1. The van der Waals surface area contributed by atoms with Gasteiger partial charge in [-0.3, -0.25) is 10.2 Å². The molecular weight excluding hydrogens is 260 g/mol. The number of carboxylic acid groups (broad SMARTS) is 1. The zero-order valence-electron chi connectivity index (χ0n) is 8.66. The Morgan fingerprint density at radius 3 is 2.82 bits per heavy atom. The van der Waals surface area contributed by atoms with Crippen LogP contribution in [0.5, 0.6) is 0 Å². The number of nitrogens with one attached hydrogen (secondary N) is 1. The van der Waals surface area contributed by atoms with Crippen LogP contribution in [0.2, 0.25) is 0 Å². The predicted octanol–water partition coefficient (Wildman–Crippen LogP) is 1.50. The van der Waals surface area contributed by atoms with Crippen molar-refractivity contribution in [1.29, 1.82) is 0 Å². The van der Waals surface area contributed by atoms with E-state index in [2.05, 4.69) is 18.1 Å². The highest BCUT2D eigenvalue weighted by atomic mass is 32.2. The fraction of sp³-hybridized carbons (Fsp3) is 0.200. The number of benzene rings is 1. The summed E-state index contributed by atoms with van der Waals surface area (Å²) in [4.78, 5) is 22.5. The van der Waals surface area contributed by atoms with E-state index in [0.29, 0.717) is 11.4 Å². The van der Waals surface area contributed by atoms with E-state index in [1.165, 1.54) is 22.8 Å². The minimum absolute atomic E-state index is 0.116. The molecule has 2 N–H and O–H groups in total. The van der Waals surface area contributed by atoms with Crippen LogP contribution in [0.25, 0.3) is 0 Å². The van der Waals surface area contributed by atoms with Crippen LogP contribution in [-0.4, -0.2) is 32.5 Å². The van der Waals surface area contributed by atoms with Gasteiger partial charge < -0.3 is 5.11 Å². The first-order valence-corrected chi connectivity index (χ1v) is 6.37. The molecule has 7 heteroatoms. The Morgan fingerprint density at radius 2 is 2.24 bits per heavy atom. The van der Waals surface area contributed by atoms with E-state index in [4.69, 9.17) is 5.11 Å². The molecule has 17 heavy (non-hydrogen) atoms. The van der Waals surface area contributed by atoms with Crippen molar-refractivity contribution in [1.82, 2.24) is 5.01 Å². The van der Waals surface area contributed by atoms with Crippen molar-refractivity contribution in [2.45, 2.75) is 4.71 Å². The lowest BCUT2D eigenvalue weighted by Gasteiger charge is -2.22. The van der Waals surface area contributed by atoms with Gasteiger partial charge in [-0.25, -0.2) is 9.80 Å². The monoisotopic (exact) mass is 270 g/mol. The summed E-state index contributed by atoms with van der Waals surface area (Å²) in [7, 11) is 0. The second-order valence-corrected chi connectivity index (χ2v) is 5.27. The van der Waals surface area contributed by atoms with Gasteiger partial charge in [-0.1, -0.05) is 12.1 Å². The van der Waals surface area contributed by atoms with Crippen LogP contribution in [-0.2, 0) is 4.79 Å². The van der Waals surface area contributed by atoms with Gasteiger partial charge in [0.1, 0.15) is 4.71 Å². The summed E-state index contributed by atoms with van der Waals surface area (Å²) < 4.78 is -0.302. The number of thioether (sulfide) groups is 1. The van der Waals surface area contributed by atoms with Crippen molar-refractivity contribution in [2.24, 2.45) is 0 Å². The maximum Gasteiger partial charge on any atom is 0.337 e. The van der Waals surface area contributed by atoms with Gasteiger partial charge >= 0.3 is 5.97 Å². The van der Waals surface area contributed by atoms with Crippen molar-refractivity contribution in [3.8, 4) is 0 Å². The Labute approximate surface area is 108 Å². The van der Waals surface area contributed by atoms with Gasteiger partial charge in [0.05, 0.1) is 17.0 Å². The van der Waals surface area contributed by atoms with E-state index in [1.54, 1.807) is 18.2 Å². The van der Waals surface area contributed by atoms with Crippen LogP contribution in [0.1, 0.15) is 10.4 Å². The highest BCUT2D eigenvalue weighted by Crippen LogP contribution is 2.28. The molecule has 1 aromatic rings. The Bertz CT molecular complexity index is 467. The minimum atomic E-state index is -1.04. The van der Waals surface area contributed by atoms with Gasteiger partial charge in [-0.05, 0) is 12.1 Å². The lowest BCUT2D eigenvalue weighted by Crippen LogP contribution is -2.36. The van der Waals surface area contributed by atoms with E-state index in [-0.39, 0.29) is 16.2 Å². The molecular formula is C10H10N2O3S2. The van der Waals surface area contributed by atoms with Crippen LogP contribution >= 0.6 is 24.4 Å². The number of rotatable bonds is 3. The fourth-order valence-corrected chi connectivity index (χ4v) is 2.59. The molecule has 1 aliphatic rings. The highest BCUT2D eigenvalue weighted by Gasteiger charge is 2.29. The Balaban J connectivity index is 2.24. The maximum absolute atomic E-state index is 11.5. The number of carbonyl (C=O) groups is 2. The molecule has 0 spiro atoms. The van der Waals surface area contributed by atoms with E-state index in [9.17, 15) is 9.59 Å². The first-order chi connectivity index (χ1) is 8.09. The summed E-state index contributed by atoms with van der Waals surface area (Å²) in [5.41, 5.74) is 3.30. The first kappa shape index (κ1) is 12.1. The molecule has 1 saturated heterocycles. The van der Waals surface area contributed by atoms with Crippen LogP contribution in [0, 0.1) is 0 Å². The smallest absolute Gasteiger partial charge is 0.337 e. The third-order valence-electron chi connectivity index (χ3n) is 2.24. The van der Waals surface area contributed by atoms with Crippen molar-refractivity contribution in [3.05, 3.63) is 29.8 Å². The SMILES string of the molecule is O=C(O)c1ccccc1NN1C(=O)CSC1S. The van der Waals surface area contributed by atoms with Gasteiger partial charge in [0.25, 0.3) is 5.91 Å². The number of nitrogens with zero attached hydrogens (tertiary/aromatic N) is 1. The number of anilines is 1. The molecule has 1 fully saturated rings. The fourth-order valence-electron chi connectivity index (χ4n) is 1.43. The van der Waals surface area contributed by atoms with Crippen molar-refractivity contribution < 1.29 is 14.7 Å². The summed E-state index contributed by atoms with van der Waals surface area (Å²) in [6.07, 6.45) is 0. The molecule has 1 amide bonds. The zero-order chi connectivity index (χ0) is 12.4. The number of hydrazine groups is 1. The third kappa shape index (κ3) is 2.50. The van der Waals surface area contributed by atoms with Crippen LogP contribution in [0.15, 0.2) is 24.3 Å². The second-order valence-electron chi connectivity index (χ2n) is 3.36. The molecule has 90 valence electrons. The summed E-state index contributed by atoms with van der Waals surface area (Å²) in [6.45, 7) is 0. The van der Waals surface area contributed by atoms with Crippen molar-refractivity contribution >= 4 is 42.0 Å². The van der Waals surface area contributed by atoms with E-state index >= 15 is 0 Å². The van der Waals surface area contributed by atoms with Crippen molar-refractivity contribution in [2.75, 3.05) is 11.2 Å². The van der Waals surface area contributed by atoms with Gasteiger partial charge in [-0.15, -0.1) is 24.4 Å². The maximum atomic E-state index is 11.5. The average Bonchev–Trinajstić information content (AvgIpc) is 2.61. The summed E-state index contributed by atoms with van der Waals surface area (Å²) in [5, 5.41) is 10.3. The standard InChI is InChI=1S/C10H10N2O3S2/c13-8-5-17-10(16)12(8)11-7-4-2-1-3-6(7)9(14)15/h1-4,10-11,16H,5H2,(H,14,15). The zero-order valence-corrected chi connectivity index (χ0v) is 10.4. The number of hydrogen-bond acceptors (Lipinski definition) is 5. The number of carboxylic acids is 1. The molecule has 2 rings (SSSR count). The molecule has 0 aromatic heterocycles. The van der Waals surface area contributed by atoms with Crippen LogP contribution < -0.4 is 5.43 Å². The molecule has 1 unspecified atom stereocenters. The van der Waals surface area contributed by atoms with E-state index < -0.39 is 5.97 Å². The normalized spacial score (nSPS) is 19.5. The van der Waals surface area contributed by atoms with Crippen LogP contribution in [0.4, 0.5) is 5.69 Å². The quantitative estimate of drug-likeness (QED) is 0.726. The average molecular weight is 270 g/mol. The number of hydrogen-bond donors (Lipinski definition) is 3. The molecule has 1 atom stereocenters. The topological polar surface area (TPSA) is 69.6 Å². The summed E-state index contributed by atoms with van der Waals surface area (Å²) in [5.74, 6) is -0.811. The van der Waals surface area contributed by atoms with Gasteiger partial charge in [0.15, 0.2) is 0 Å². The van der Waals surface area contributed by atoms with Crippen molar-refractivity contribution in [3.63, 3.8) is 0 Å². The van der Waals surface area contributed by atoms with Gasteiger partial charge in [0.2, 0.25) is 0 Å². The third-order valence-corrected chi connectivity index (χ3v) is 3.84. The summed E-state index contributed by atoms with van der Waals surface area (Å²) in [6, 6.07) is 6.43. The number of aromatic carboxylic acids is 1. The number of amides is 1. The van der Waals surface area contributed by atoms with E-state index in [1.807, 2.05) is 0 Å². The summed E-state index contributed by atoms with van der Waals surface area (Å²) >= 11 is 5.60. The Kier molecular flexibility index (Phi) is 3.49. The lowest BCUT2D eigenvalue weighted by molar-refractivity contribution is -0.125. The molecule has 5 nitrogen and oxygen atoms in total. The Morgan fingerprint density at radius 1 is 1.53 bits per heavy atom. The lowest BCUT2D eigenvalue weighted by atomic mass is 10.2. The Hall–Kier alpha value is -1.34. The predicted molar refractivity (Wildman–Crippen MR) is 69.1 cm³/mol. The van der Waals surface area contributed by atoms with E-state index in [0.717, 1.165) is 0 Å². The van der Waals surface area contributed by atoms with Gasteiger partial charge in [-0.2, -0.15) is 0 Å². The molecule has 0 bridgehead atoms. The van der Waals surface area contributed by atoms with Crippen LogP contribution in [0.3, 0.4) is 0 Å². The molecule has 1 aliphatic heterocycles. The highest BCUT2D eigenvalue weighted by molar-refractivity contribution is 8.11.